The van der Waals surface area contributed by atoms with Gasteiger partial charge in [-0.15, -0.1) is 0 Å². The van der Waals surface area contributed by atoms with Crippen LogP contribution in [0.2, 0.25) is 0 Å². The molecule has 0 amide bonds. The molecule has 1 aromatic heterocycles. The third-order valence-corrected chi connectivity index (χ3v) is 10.4. The molecule has 0 aliphatic carbocycles. The van der Waals surface area contributed by atoms with Crippen molar-refractivity contribution in [1.82, 2.24) is 5.32 Å². The van der Waals surface area contributed by atoms with Crippen molar-refractivity contribution in [3.05, 3.63) is 69.2 Å². The number of ether oxygens (including phenoxy) is 1. The molecule has 0 spiro atoms. The van der Waals surface area contributed by atoms with Gasteiger partial charge in [-0.25, -0.2) is 0 Å². The number of hydrogen-bond acceptors (Lipinski definition) is 7. The van der Waals surface area contributed by atoms with Crippen LogP contribution in [0.4, 0.5) is 5.69 Å². The molecule has 6 nitrogen and oxygen atoms in total. The summed E-state index contributed by atoms with van der Waals surface area (Å²) in [4.78, 5) is 15.3. The smallest absolute Gasteiger partial charge is 0.309 e. The fourth-order valence-electron chi connectivity index (χ4n) is 6.33. The molecule has 4 aliphatic heterocycles. The van der Waals surface area contributed by atoms with E-state index in [-0.39, 0.29) is 29.9 Å². The van der Waals surface area contributed by atoms with E-state index >= 15 is 0 Å². The van der Waals surface area contributed by atoms with Crippen LogP contribution in [0, 0.1) is 16.7 Å². The van der Waals surface area contributed by atoms with Gasteiger partial charge < -0.3 is 15.0 Å². The molecule has 5 heterocycles. The van der Waals surface area contributed by atoms with Crippen LogP contribution in [0.5, 0.6) is 0 Å². The van der Waals surface area contributed by atoms with E-state index in [4.69, 9.17) is 4.74 Å². The Bertz CT molecular complexity index is 1610. The summed E-state index contributed by atoms with van der Waals surface area (Å²) >= 11 is 3.52. The second kappa shape index (κ2) is 8.19. The Balaban J connectivity index is 1.41. The molecule has 0 saturated heterocycles. The van der Waals surface area contributed by atoms with Crippen LogP contribution in [0.1, 0.15) is 30.8 Å². The van der Waals surface area contributed by atoms with Crippen LogP contribution in [-0.4, -0.2) is 31.7 Å². The van der Waals surface area contributed by atoms with Gasteiger partial charge in [-0.05, 0) is 30.2 Å². The first kappa shape index (κ1) is 23.0. The summed E-state index contributed by atoms with van der Waals surface area (Å²) in [5.74, 6) is -0.238. The molecule has 1 N–H and O–H groups in total. The third kappa shape index (κ3) is 3.34. The van der Waals surface area contributed by atoms with Gasteiger partial charge in [0.05, 0.1) is 41.4 Å². The number of nitrogens with one attached hydrogen (secondary N) is 1. The Morgan fingerprint density at radius 2 is 2.11 bits per heavy atom. The van der Waals surface area contributed by atoms with E-state index in [0.29, 0.717) is 0 Å². The van der Waals surface area contributed by atoms with Crippen molar-refractivity contribution in [1.29, 1.82) is 5.26 Å². The molecular formula is C29H27N4O2S2+. The van der Waals surface area contributed by atoms with Crippen LogP contribution in [0.25, 0.3) is 15.8 Å². The van der Waals surface area contributed by atoms with Crippen molar-refractivity contribution in [3.63, 3.8) is 0 Å². The maximum absolute atomic E-state index is 11.9. The van der Waals surface area contributed by atoms with Crippen molar-refractivity contribution in [2.75, 3.05) is 18.6 Å². The highest BCUT2D eigenvalue weighted by Crippen LogP contribution is 2.54. The molecule has 0 saturated carbocycles. The molecule has 2 unspecified atom stereocenters. The van der Waals surface area contributed by atoms with Crippen molar-refractivity contribution in [2.45, 2.75) is 50.2 Å². The number of fused-ring (bicyclic) bond motifs is 9. The van der Waals surface area contributed by atoms with Crippen LogP contribution < -0.4 is 14.8 Å². The summed E-state index contributed by atoms with van der Waals surface area (Å²) in [5.41, 5.74) is 6.40. The van der Waals surface area contributed by atoms with Crippen LogP contribution >= 0.6 is 23.1 Å². The minimum atomic E-state index is -0.238. The molecule has 7 rings (SSSR count). The second-order valence-electron chi connectivity index (χ2n) is 10.8. The minimum Gasteiger partial charge on any atom is -0.469 e. The third-order valence-electron chi connectivity index (χ3n) is 8.06. The first-order valence-corrected chi connectivity index (χ1v) is 14.2. The lowest BCUT2D eigenvalue weighted by atomic mass is 9.71. The van der Waals surface area contributed by atoms with E-state index in [1.807, 2.05) is 6.07 Å². The monoisotopic (exact) mass is 527 g/mol. The molecule has 0 bridgehead atoms. The molecule has 2 atom stereocenters. The fourth-order valence-corrected chi connectivity index (χ4v) is 8.93. The Kier molecular flexibility index (Phi) is 5.10. The number of aromatic nitrogens is 1. The van der Waals surface area contributed by atoms with Gasteiger partial charge in [0.2, 0.25) is 5.52 Å². The second-order valence-corrected chi connectivity index (χ2v) is 12.9. The number of para-hydroxylation sites is 1. The van der Waals surface area contributed by atoms with Crippen molar-refractivity contribution in [2.24, 2.45) is 5.41 Å². The Hall–Kier alpha value is -3.12. The van der Waals surface area contributed by atoms with Crippen LogP contribution in [-0.2, 0) is 22.5 Å². The molecule has 186 valence electrons. The molecule has 3 aromatic rings. The normalized spacial score (nSPS) is 23.1. The Labute approximate surface area is 224 Å². The van der Waals surface area contributed by atoms with Gasteiger partial charge in [0, 0.05) is 34.5 Å². The van der Waals surface area contributed by atoms with Gasteiger partial charge in [-0.1, -0.05) is 55.1 Å². The highest BCUT2D eigenvalue weighted by Gasteiger charge is 2.52. The molecular weight excluding hydrogens is 500 g/mol. The number of hydrogen-bond donors (Lipinski definition) is 1. The molecule has 0 radical (unpaired) electrons. The van der Waals surface area contributed by atoms with E-state index in [9.17, 15) is 10.1 Å². The average Bonchev–Trinajstić information content (AvgIpc) is 3.45. The van der Waals surface area contributed by atoms with Gasteiger partial charge in [0.1, 0.15) is 10.8 Å². The summed E-state index contributed by atoms with van der Waals surface area (Å²) in [6.45, 7) is 6.45. The average molecular weight is 528 g/mol. The number of rotatable bonds is 2. The molecule has 8 heteroatoms. The summed E-state index contributed by atoms with van der Waals surface area (Å²) < 4.78 is 8.55. The number of benzene rings is 2. The number of nitrogens with zero attached hydrogens (tertiary/aromatic N) is 3. The summed E-state index contributed by atoms with van der Waals surface area (Å²) in [6.07, 6.45) is 1.21. The number of carbonyl (C=O) groups excluding carboxylic acids is 1. The number of nitriles is 1. The lowest BCUT2D eigenvalue weighted by Gasteiger charge is -2.45. The lowest BCUT2D eigenvalue weighted by molar-refractivity contribution is -0.686. The van der Waals surface area contributed by atoms with E-state index in [0.717, 1.165) is 57.4 Å². The standard InChI is InChI=1S/C29H27N4O2S2/c1-29(2)15-33-19-6-4-5-7-21(19)36-28(33)25-17(14-30)24-18(31-26(25)29)10-11-32-20-9-8-16(13-23(34)35-3)12-22(20)37-27(24)32/h4-9,12,18,26,31H,10-11,13,15H2,1-3H3/q+1. The molecule has 2 aromatic carbocycles. The quantitative estimate of drug-likeness (QED) is 0.382. The Morgan fingerprint density at radius 3 is 2.92 bits per heavy atom. The predicted octanol–water partition coefficient (Wildman–Crippen LogP) is 4.79. The van der Waals surface area contributed by atoms with E-state index in [2.05, 4.69) is 71.1 Å². The first-order valence-electron chi connectivity index (χ1n) is 12.6. The van der Waals surface area contributed by atoms with Gasteiger partial charge in [0.25, 0.3) is 5.01 Å². The van der Waals surface area contributed by atoms with E-state index < -0.39 is 0 Å². The zero-order valence-corrected chi connectivity index (χ0v) is 22.6. The van der Waals surface area contributed by atoms with Crippen molar-refractivity contribution >= 4 is 50.5 Å². The highest BCUT2D eigenvalue weighted by molar-refractivity contribution is 8.03. The SMILES string of the molecule is COC(=O)Cc1ccc2c(c1)SC1=C3C(C#N)=C4c5sc6ccccc6[n+]5CC(C)(C)C4NC3CCN12. The zero-order chi connectivity index (χ0) is 25.5. The summed E-state index contributed by atoms with van der Waals surface area (Å²) in [5, 5.41) is 17.0. The number of methoxy groups -OCH3 is 1. The predicted molar refractivity (Wildman–Crippen MR) is 146 cm³/mol. The zero-order valence-electron chi connectivity index (χ0n) is 21.0. The van der Waals surface area contributed by atoms with Crippen LogP contribution in [0.3, 0.4) is 0 Å². The Morgan fingerprint density at radius 1 is 1.27 bits per heavy atom. The molecule has 4 aliphatic rings. The minimum absolute atomic E-state index is 0.0408. The van der Waals surface area contributed by atoms with E-state index in [1.54, 1.807) is 23.1 Å². The summed E-state index contributed by atoms with van der Waals surface area (Å²) in [6, 6.07) is 17.7. The maximum atomic E-state index is 11.9. The van der Waals surface area contributed by atoms with Gasteiger partial charge in [-0.3, -0.25) is 4.79 Å². The fraction of sp³-hybridized carbons (Fsp3) is 0.345. The van der Waals surface area contributed by atoms with Gasteiger partial charge in [-0.2, -0.15) is 9.83 Å². The number of anilines is 1. The van der Waals surface area contributed by atoms with E-state index in [1.165, 1.54) is 22.3 Å². The number of thioether (sulfide) groups is 1. The maximum Gasteiger partial charge on any atom is 0.309 e. The number of thiazole rings is 1. The first-order chi connectivity index (χ1) is 17.9. The number of carbonyl (C=O) groups is 1. The highest BCUT2D eigenvalue weighted by atomic mass is 32.2. The molecule has 0 fully saturated rings. The number of esters is 1. The van der Waals surface area contributed by atoms with Gasteiger partial charge >= 0.3 is 5.97 Å². The topological polar surface area (TPSA) is 69.2 Å². The van der Waals surface area contributed by atoms with Crippen LogP contribution in [0.15, 0.2) is 63.5 Å². The summed E-state index contributed by atoms with van der Waals surface area (Å²) in [7, 11) is 1.42. The van der Waals surface area contributed by atoms with Gasteiger partial charge in [0.15, 0.2) is 6.54 Å². The van der Waals surface area contributed by atoms with Crippen molar-refractivity contribution in [3.8, 4) is 6.07 Å². The lowest BCUT2D eigenvalue weighted by Crippen LogP contribution is -2.62. The van der Waals surface area contributed by atoms with Crippen molar-refractivity contribution < 1.29 is 14.1 Å². The molecule has 37 heavy (non-hydrogen) atoms. The largest absolute Gasteiger partial charge is 0.469 e.